The van der Waals surface area contributed by atoms with Crippen LogP contribution in [0.2, 0.25) is 0 Å². The third-order valence-electron chi connectivity index (χ3n) is 5.95. The maximum atomic E-state index is 14.9. The van der Waals surface area contributed by atoms with E-state index in [1.807, 2.05) is 48.3 Å². The number of aromatic nitrogens is 6. The number of benzene rings is 2. The Bertz CT molecular complexity index is 1550. The summed E-state index contributed by atoms with van der Waals surface area (Å²) in [5.41, 5.74) is 9.44. The van der Waals surface area contributed by atoms with Gasteiger partial charge in [0.15, 0.2) is 0 Å². The number of fused-ring (bicyclic) bond motifs is 1. The van der Waals surface area contributed by atoms with Gasteiger partial charge in [-0.05, 0) is 36.6 Å². The molecule has 3 heterocycles. The SMILES string of the molecule is Cc1cnn(Cc2ccc(Cn3nc(C(=O)NCc4ccc5c(N)nccc5c4F)nc3C)cc2)c1. The minimum atomic E-state index is -0.476. The van der Waals surface area contributed by atoms with Crippen LogP contribution in [-0.4, -0.2) is 35.4 Å². The van der Waals surface area contributed by atoms with Crippen molar-refractivity contribution in [1.82, 2.24) is 34.8 Å². The number of hydrogen-bond donors (Lipinski definition) is 2. The summed E-state index contributed by atoms with van der Waals surface area (Å²) in [6, 6.07) is 13.0. The number of nitrogen functional groups attached to an aromatic ring is 1. The van der Waals surface area contributed by atoms with Gasteiger partial charge in [0.05, 0.1) is 19.3 Å². The molecule has 0 saturated carbocycles. The minimum Gasteiger partial charge on any atom is -0.383 e. The molecule has 36 heavy (non-hydrogen) atoms. The van der Waals surface area contributed by atoms with Crippen molar-refractivity contribution in [2.24, 2.45) is 0 Å². The van der Waals surface area contributed by atoms with Gasteiger partial charge in [-0.1, -0.05) is 36.4 Å². The van der Waals surface area contributed by atoms with Gasteiger partial charge in [-0.15, -0.1) is 5.10 Å². The van der Waals surface area contributed by atoms with E-state index in [1.54, 1.807) is 29.8 Å². The third kappa shape index (κ3) is 4.78. The molecule has 3 aromatic heterocycles. The van der Waals surface area contributed by atoms with E-state index in [9.17, 15) is 9.18 Å². The lowest BCUT2D eigenvalue weighted by Gasteiger charge is -2.08. The number of halogens is 1. The molecule has 1 amide bonds. The van der Waals surface area contributed by atoms with Gasteiger partial charge in [0.2, 0.25) is 5.82 Å². The highest BCUT2D eigenvalue weighted by molar-refractivity contribution is 5.92. The monoisotopic (exact) mass is 484 g/mol. The molecule has 0 aliphatic rings. The molecular formula is C26H25FN8O. The van der Waals surface area contributed by atoms with E-state index >= 15 is 0 Å². The number of carbonyl (C=O) groups excluding carboxylic acids is 1. The number of rotatable bonds is 7. The third-order valence-corrected chi connectivity index (χ3v) is 5.95. The lowest BCUT2D eigenvalue weighted by molar-refractivity contribution is 0.0940. The number of hydrogen-bond acceptors (Lipinski definition) is 6. The van der Waals surface area contributed by atoms with E-state index in [1.165, 1.54) is 6.20 Å². The van der Waals surface area contributed by atoms with Crippen molar-refractivity contribution in [1.29, 1.82) is 0 Å². The first-order chi connectivity index (χ1) is 17.4. The van der Waals surface area contributed by atoms with Gasteiger partial charge in [0, 0.05) is 35.3 Å². The molecule has 0 fully saturated rings. The van der Waals surface area contributed by atoms with Crippen molar-refractivity contribution in [3.63, 3.8) is 0 Å². The van der Waals surface area contributed by atoms with Crippen LogP contribution in [0.1, 0.15) is 38.7 Å². The second kappa shape index (κ2) is 9.57. The zero-order chi connectivity index (χ0) is 25.2. The summed E-state index contributed by atoms with van der Waals surface area (Å²) in [7, 11) is 0. The summed E-state index contributed by atoms with van der Waals surface area (Å²) < 4.78 is 18.5. The predicted molar refractivity (Wildman–Crippen MR) is 134 cm³/mol. The summed E-state index contributed by atoms with van der Waals surface area (Å²) in [4.78, 5) is 20.9. The Hall–Kier alpha value is -4.60. The van der Waals surface area contributed by atoms with Crippen LogP contribution in [-0.2, 0) is 19.6 Å². The smallest absolute Gasteiger partial charge is 0.291 e. The van der Waals surface area contributed by atoms with Gasteiger partial charge in [0.25, 0.3) is 5.91 Å². The molecule has 0 saturated heterocycles. The fourth-order valence-corrected chi connectivity index (χ4v) is 4.01. The van der Waals surface area contributed by atoms with Crippen LogP contribution in [0.5, 0.6) is 0 Å². The zero-order valence-electron chi connectivity index (χ0n) is 19.9. The Morgan fingerprint density at radius 2 is 1.78 bits per heavy atom. The molecule has 0 spiro atoms. The predicted octanol–water partition coefficient (Wildman–Crippen LogP) is 3.39. The Morgan fingerprint density at radius 3 is 2.50 bits per heavy atom. The lowest BCUT2D eigenvalue weighted by atomic mass is 10.1. The molecule has 2 aromatic carbocycles. The molecule has 5 aromatic rings. The quantitative estimate of drug-likeness (QED) is 0.366. The summed E-state index contributed by atoms with van der Waals surface area (Å²) in [5, 5.41) is 12.3. The lowest BCUT2D eigenvalue weighted by Crippen LogP contribution is -2.24. The molecule has 0 unspecified atom stereocenters. The normalized spacial score (nSPS) is 11.2. The van der Waals surface area contributed by atoms with Crippen LogP contribution in [0, 0.1) is 19.7 Å². The van der Waals surface area contributed by atoms with Crippen molar-refractivity contribution in [3.8, 4) is 0 Å². The second-order valence-corrected chi connectivity index (χ2v) is 8.68. The first kappa shape index (κ1) is 23.2. The van der Waals surface area contributed by atoms with Crippen molar-refractivity contribution in [2.75, 3.05) is 5.73 Å². The van der Waals surface area contributed by atoms with Crippen LogP contribution in [0.15, 0.2) is 61.1 Å². The van der Waals surface area contributed by atoms with Crippen molar-refractivity contribution >= 4 is 22.5 Å². The topological polar surface area (TPSA) is 117 Å². The van der Waals surface area contributed by atoms with E-state index < -0.39 is 11.7 Å². The molecule has 0 atom stereocenters. The second-order valence-electron chi connectivity index (χ2n) is 8.68. The number of amides is 1. The van der Waals surface area contributed by atoms with Gasteiger partial charge in [-0.2, -0.15) is 5.10 Å². The Labute approximate surface area is 206 Å². The highest BCUT2D eigenvalue weighted by Crippen LogP contribution is 2.24. The van der Waals surface area contributed by atoms with Gasteiger partial charge in [-0.25, -0.2) is 19.0 Å². The molecule has 0 radical (unpaired) electrons. The summed E-state index contributed by atoms with van der Waals surface area (Å²) >= 11 is 0. The molecule has 0 aliphatic heterocycles. The van der Waals surface area contributed by atoms with E-state index in [-0.39, 0.29) is 18.2 Å². The fraction of sp³-hybridized carbons (Fsp3) is 0.192. The number of nitrogens with two attached hydrogens (primary N) is 1. The Morgan fingerprint density at radius 1 is 1.03 bits per heavy atom. The molecule has 0 aliphatic carbocycles. The number of pyridine rings is 1. The van der Waals surface area contributed by atoms with Gasteiger partial charge in [-0.3, -0.25) is 9.48 Å². The van der Waals surface area contributed by atoms with Crippen molar-refractivity contribution < 1.29 is 9.18 Å². The first-order valence-corrected chi connectivity index (χ1v) is 11.5. The van der Waals surface area contributed by atoms with Crippen LogP contribution >= 0.6 is 0 Å². The number of aryl methyl sites for hydroxylation is 2. The molecule has 10 heteroatoms. The van der Waals surface area contributed by atoms with E-state index in [0.29, 0.717) is 35.2 Å². The molecule has 3 N–H and O–H groups in total. The summed E-state index contributed by atoms with van der Waals surface area (Å²) in [6.45, 7) is 4.97. The van der Waals surface area contributed by atoms with Gasteiger partial charge >= 0.3 is 0 Å². The molecule has 0 bridgehead atoms. The van der Waals surface area contributed by atoms with Gasteiger partial charge in [0.1, 0.15) is 17.5 Å². The van der Waals surface area contributed by atoms with Crippen molar-refractivity contribution in [3.05, 3.63) is 101 Å². The summed E-state index contributed by atoms with van der Waals surface area (Å²) in [6.07, 6.45) is 5.29. The number of nitrogens with zero attached hydrogens (tertiary/aromatic N) is 6. The minimum absolute atomic E-state index is 0.00629. The van der Waals surface area contributed by atoms with Crippen LogP contribution in [0.3, 0.4) is 0 Å². The highest BCUT2D eigenvalue weighted by Gasteiger charge is 2.16. The average Bonchev–Trinajstić information content (AvgIpc) is 3.45. The molecule has 5 rings (SSSR count). The number of nitrogens with one attached hydrogen (secondary N) is 1. The van der Waals surface area contributed by atoms with Gasteiger partial charge < -0.3 is 11.1 Å². The maximum absolute atomic E-state index is 14.9. The molecular weight excluding hydrogens is 459 g/mol. The Balaban J connectivity index is 1.23. The molecule has 9 nitrogen and oxygen atoms in total. The van der Waals surface area contributed by atoms with E-state index in [4.69, 9.17) is 5.73 Å². The standard InChI is InChI=1S/C26H25FN8O/c1-16-11-31-34(13-16)14-18-3-5-19(6-4-18)15-35-17(2)32-25(33-35)26(36)30-12-20-7-8-22-21(23(20)27)9-10-29-24(22)28/h3-11,13H,12,14-15H2,1-2H3,(H2,28,29)(H,30,36). The zero-order valence-corrected chi connectivity index (χ0v) is 19.9. The first-order valence-electron chi connectivity index (χ1n) is 11.5. The van der Waals surface area contributed by atoms with Crippen LogP contribution in [0.4, 0.5) is 10.2 Å². The average molecular weight is 485 g/mol. The summed E-state index contributed by atoms with van der Waals surface area (Å²) in [5.74, 6) is -0.0167. The van der Waals surface area contributed by atoms with E-state index in [2.05, 4.69) is 25.5 Å². The van der Waals surface area contributed by atoms with Crippen LogP contribution < -0.4 is 11.1 Å². The number of anilines is 1. The fourth-order valence-electron chi connectivity index (χ4n) is 4.01. The Kier molecular flexibility index (Phi) is 6.16. The highest BCUT2D eigenvalue weighted by atomic mass is 19.1. The van der Waals surface area contributed by atoms with Crippen LogP contribution in [0.25, 0.3) is 10.8 Å². The number of carbonyl (C=O) groups is 1. The maximum Gasteiger partial charge on any atom is 0.291 e. The van der Waals surface area contributed by atoms with E-state index in [0.717, 1.165) is 16.7 Å². The largest absolute Gasteiger partial charge is 0.383 e. The van der Waals surface area contributed by atoms with Crippen molar-refractivity contribution in [2.45, 2.75) is 33.5 Å². The molecule has 182 valence electrons.